The minimum atomic E-state index is -0.521. The number of carbonyl (C=O) groups excluding carboxylic acids is 2. The molecule has 2 fully saturated rings. The Bertz CT molecular complexity index is 1120. The molecule has 36 heavy (non-hydrogen) atoms. The second-order valence-electron chi connectivity index (χ2n) is 10.9. The Morgan fingerprint density at radius 2 is 1.78 bits per heavy atom. The average molecular weight is 492 g/mol. The number of nitrogens with one attached hydrogen (secondary N) is 2. The molecule has 9 nitrogen and oxygen atoms in total. The standard InChI is InChI=1S/C27H37N7O2/c1-27(2)18-34(21-12-5-6-13-21)23-22(32(3)24(27)35)17-28-25(31-23)29-19-10-9-11-20(16-19)30-26(36)33-14-7-4-8-15-33/h9-11,16-17,21H,4-8,12-15,18H2,1-3H3,(H,30,36)(H,28,29,31). The Morgan fingerprint density at radius 1 is 1.06 bits per heavy atom. The third kappa shape index (κ3) is 4.96. The number of hydrogen-bond acceptors (Lipinski definition) is 6. The van der Waals surface area contributed by atoms with Gasteiger partial charge in [0.15, 0.2) is 5.82 Å². The fourth-order valence-corrected chi connectivity index (χ4v) is 5.63. The SMILES string of the molecule is CN1C(=O)C(C)(C)CN(C2CCCC2)c2nc(Nc3cccc(NC(=O)N4CCCCC4)c3)ncc21. The lowest BCUT2D eigenvalue weighted by atomic mass is 9.91. The molecule has 1 aromatic heterocycles. The molecule has 5 rings (SSSR count). The first-order valence-corrected chi connectivity index (χ1v) is 13.2. The zero-order chi connectivity index (χ0) is 25.3. The number of rotatable bonds is 4. The summed E-state index contributed by atoms with van der Waals surface area (Å²) in [4.78, 5) is 41.2. The molecule has 0 atom stereocenters. The van der Waals surface area contributed by atoms with Gasteiger partial charge in [-0.1, -0.05) is 18.9 Å². The van der Waals surface area contributed by atoms with Gasteiger partial charge in [-0.3, -0.25) is 4.79 Å². The van der Waals surface area contributed by atoms with Crippen molar-refractivity contribution in [2.45, 2.75) is 64.8 Å². The molecule has 0 bridgehead atoms. The van der Waals surface area contributed by atoms with Crippen LogP contribution in [0.3, 0.4) is 0 Å². The van der Waals surface area contributed by atoms with E-state index in [1.807, 2.05) is 50.1 Å². The minimum Gasteiger partial charge on any atom is -0.351 e. The fraction of sp³-hybridized carbons (Fsp3) is 0.556. The van der Waals surface area contributed by atoms with Crippen molar-refractivity contribution in [2.24, 2.45) is 5.41 Å². The molecule has 9 heteroatoms. The van der Waals surface area contributed by atoms with Gasteiger partial charge in [-0.15, -0.1) is 0 Å². The summed E-state index contributed by atoms with van der Waals surface area (Å²) >= 11 is 0. The van der Waals surface area contributed by atoms with Gasteiger partial charge in [0.1, 0.15) is 5.69 Å². The van der Waals surface area contributed by atoms with Gasteiger partial charge < -0.3 is 25.3 Å². The van der Waals surface area contributed by atoms with Crippen molar-refractivity contribution in [2.75, 3.05) is 47.1 Å². The van der Waals surface area contributed by atoms with E-state index in [4.69, 9.17) is 4.98 Å². The number of fused-ring (bicyclic) bond motifs is 1. The number of urea groups is 1. The maximum atomic E-state index is 13.2. The summed E-state index contributed by atoms with van der Waals surface area (Å²) in [6.07, 6.45) is 9.66. The maximum absolute atomic E-state index is 13.2. The van der Waals surface area contributed by atoms with Crippen LogP contribution in [0.15, 0.2) is 30.5 Å². The molecule has 0 radical (unpaired) electrons. The van der Waals surface area contributed by atoms with E-state index in [-0.39, 0.29) is 11.9 Å². The molecule has 0 spiro atoms. The van der Waals surface area contributed by atoms with Crippen molar-refractivity contribution >= 4 is 40.8 Å². The topological polar surface area (TPSA) is 93.7 Å². The van der Waals surface area contributed by atoms with Crippen molar-refractivity contribution in [3.8, 4) is 0 Å². The molecule has 3 heterocycles. The summed E-state index contributed by atoms with van der Waals surface area (Å²) in [5.74, 6) is 1.35. The van der Waals surface area contributed by atoms with Crippen LogP contribution in [0.2, 0.25) is 0 Å². The number of aromatic nitrogens is 2. The average Bonchev–Trinajstić information content (AvgIpc) is 3.40. The summed E-state index contributed by atoms with van der Waals surface area (Å²) < 4.78 is 0. The van der Waals surface area contributed by atoms with Gasteiger partial charge in [0.25, 0.3) is 0 Å². The van der Waals surface area contributed by atoms with E-state index in [0.29, 0.717) is 18.5 Å². The van der Waals surface area contributed by atoms with Gasteiger partial charge in [0.2, 0.25) is 11.9 Å². The second-order valence-corrected chi connectivity index (χ2v) is 10.9. The van der Waals surface area contributed by atoms with Gasteiger partial charge in [-0.2, -0.15) is 4.98 Å². The highest BCUT2D eigenvalue weighted by Gasteiger charge is 2.41. The Kier molecular flexibility index (Phi) is 6.73. The molecule has 1 saturated carbocycles. The normalized spacial score (nSPS) is 20.2. The van der Waals surface area contributed by atoms with Gasteiger partial charge in [0, 0.05) is 44.1 Å². The van der Waals surface area contributed by atoms with E-state index in [0.717, 1.165) is 61.7 Å². The number of amides is 3. The summed E-state index contributed by atoms with van der Waals surface area (Å²) in [5, 5.41) is 6.32. The highest BCUT2D eigenvalue weighted by atomic mass is 16.2. The molecular formula is C27H37N7O2. The molecule has 1 aliphatic carbocycles. The van der Waals surface area contributed by atoms with Crippen LogP contribution < -0.4 is 20.4 Å². The fourth-order valence-electron chi connectivity index (χ4n) is 5.63. The molecule has 0 unspecified atom stereocenters. The lowest BCUT2D eigenvalue weighted by Gasteiger charge is -2.34. The van der Waals surface area contributed by atoms with Crippen LogP contribution in [0.1, 0.15) is 58.8 Å². The van der Waals surface area contributed by atoms with Crippen LogP contribution >= 0.6 is 0 Å². The Labute approximate surface area is 213 Å². The van der Waals surface area contributed by atoms with E-state index in [1.54, 1.807) is 11.1 Å². The Balaban J connectivity index is 1.39. The Hall–Kier alpha value is -3.36. The van der Waals surface area contributed by atoms with E-state index < -0.39 is 5.41 Å². The lowest BCUT2D eigenvalue weighted by Crippen LogP contribution is -2.45. The first-order valence-electron chi connectivity index (χ1n) is 13.2. The van der Waals surface area contributed by atoms with Crippen molar-refractivity contribution < 1.29 is 9.59 Å². The van der Waals surface area contributed by atoms with Crippen molar-refractivity contribution in [3.63, 3.8) is 0 Å². The zero-order valence-electron chi connectivity index (χ0n) is 21.6. The summed E-state index contributed by atoms with van der Waals surface area (Å²) in [7, 11) is 1.81. The van der Waals surface area contributed by atoms with Crippen LogP contribution in [0.5, 0.6) is 0 Å². The number of nitrogens with zero attached hydrogens (tertiary/aromatic N) is 5. The number of carbonyl (C=O) groups is 2. The second kappa shape index (κ2) is 9.95. The predicted octanol–water partition coefficient (Wildman–Crippen LogP) is 4.99. The third-order valence-electron chi connectivity index (χ3n) is 7.61. The number of piperidine rings is 1. The maximum Gasteiger partial charge on any atom is 0.321 e. The van der Waals surface area contributed by atoms with E-state index >= 15 is 0 Å². The summed E-state index contributed by atoms with van der Waals surface area (Å²) in [6, 6.07) is 7.92. The van der Waals surface area contributed by atoms with Crippen LogP contribution in [0.25, 0.3) is 0 Å². The zero-order valence-corrected chi connectivity index (χ0v) is 21.6. The molecule has 2 N–H and O–H groups in total. The largest absolute Gasteiger partial charge is 0.351 e. The smallest absolute Gasteiger partial charge is 0.321 e. The van der Waals surface area contributed by atoms with Crippen LogP contribution in [0, 0.1) is 5.41 Å². The lowest BCUT2D eigenvalue weighted by molar-refractivity contribution is -0.125. The van der Waals surface area contributed by atoms with E-state index in [9.17, 15) is 9.59 Å². The van der Waals surface area contributed by atoms with Gasteiger partial charge in [-0.25, -0.2) is 9.78 Å². The number of hydrogen-bond donors (Lipinski definition) is 2. The van der Waals surface area contributed by atoms with Gasteiger partial charge in [0.05, 0.1) is 11.6 Å². The van der Waals surface area contributed by atoms with Crippen LogP contribution in [-0.4, -0.2) is 59.5 Å². The summed E-state index contributed by atoms with van der Waals surface area (Å²) in [6.45, 7) is 6.25. The molecule has 3 aliphatic rings. The van der Waals surface area contributed by atoms with E-state index in [1.165, 1.54) is 19.3 Å². The monoisotopic (exact) mass is 491 g/mol. The molecular weight excluding hydrogens is 454 g/mol. The van der Waals surface area contributed by atoms with Gasteiger partial charge in [-0.05, 0) is 64.2 Å². The van der Waals surface area contributed by atoms with Crippen LogP contribution in [0.4, 0.5) is 33.6 Å². The molecule has 2 aromatic rings. The molecule has 1 aromatic carbocycles. The first-order chi connectivity index (χ1) is 17.3. The number of likely N-dealkylation sites (tertiary alicyclic amines) is 1. The third-order valence-corrected chi connectivity index (χ3v) is 7.61. The highest BCUT2D eigenvalue weighted by molar-refractivity contribution is 6.00. The quantitative estimate of drug-likeness (QED) is 0.626. The molecule has 3 amide bonds. The summed E-state index contributed by atoms with van der Waals surface area (Å²) in [5.41, 5.74) is 1.74. The predicted molar refractivity (Wildman–Crippen MR) is 143 cm³/mol. The Morgan fingerprint density at radius 3 is 2.53 bits per heavy atom. The number of benzene rings is 1. The molecule has 1 saturated heterocycles. The van der Waals surface area contributed by atoms with Crippen LogP contribution in [-0.2, 0) is 4.79 Å². The van der Waals surface area contributed by atoms with E-state index in [2.05, 4.69) is 20.5 Å². The van der Waals surface area contributed by atoms with Crippen molar-refractivity contribution in [1.82, 2.24) is 14.9 Å². The molecule has 2 aliphatic heterocycles. The van der Waals surface area contributed by atoms with Gasteiger partial charge >= 0.3 is 6.03 Å². The van der Waals surface area contributed by atoms with Crippen molar-refractivity contribution in [3.05, 3.63) is 30.5 Å². The minimum absolute atomic E-state index is 0.0596. The molecule has 192 valence electrons. The first kappa shape index (κ1) is 24.3. The number of anilines is 5. The highest BCUT2D eigenvalue weighted by Crippen LogP contribution is 2.40. The van der Waals surface area contributed by atoms with Crippen molar-refractivity contribution in [1.29, 1.82) is 0 Å².